The van der Waals surface area contributed by atoms with E-state index >= 15 is 0 Å². The molecule has 5 nitrogen and oxygen atoms in total. The normalized spacial score (nSPS) is 11.2. The smallest absolute Gasteiger partial charge is 0.261 e. The Kier molecular flexibility index (Phi) is 7.03. The monoisotopic (exact) mass is 456 g/mol. The first-order chi connectivity index (χ1) is 14.7. The fraction of sp³-hybridized carbons (Fsp3) is 0.208. The van der Waals surface area contributed by atoms with Crippen molar-refractivity contribution in [1.29, 1.82) is 0 Å². The summed E-state index contributed by atoms with van der Waals surface area (Å²) in [7, 11) is -3.78. The summed E-state index contributed by atoms with van der Waals surface area (Å²) in [5.74, 6) is -0.294. The molecule has 0 unspecified atom stereocenters. The molecule has 0 heterocycles. The van der Waals surface area contributed by atoms with Crippen molar-refractivity contribution in [2.45, 2.75) is 38.5 Å². The molecule has 0 fully saturated rings. The number of hydrogen-bond donors (Lipinski definition) is 2. The van der Waals surface area contributed by atoms with Crippen LogP contribution in [-0.4, -0.2) is 14.3 Å². The quantitative estimate of drug-likeness (QED) is 0.470. The second-order valence-electron chi connectivity index (χ2n) is 7.20. The van der Waals surface area contributed by atoms with Gasteiger partial charge in [-0.3, -0.25) is 9.52 Å². The van der Waals surface area contributed by atoms with E-state index in [4.69, 9.17) is 11.6 Å². The molecule has 0 atom stereocenters. The Labute approximate surface area is 188 Å². The summed E-state index contributed by atoms with van der Waals surface area (Å²) >= 11 is 5.86. The molecule has 1 amide bonds. The third-order valence-corrected chi connectivity index (χ3v) is 6.70. The van der Waals surface area contributed by atoms with Gasteiger partial charge in [-0.15, -0.1) is 0 Å². The summed E-state index contributed by atoms with van der Waals surface area (Å²) < 4.78 is 28.9. The summed E-state index contributed by atoms with van der Waals surface area (Å²) in [5, 5.41) is 3.36. The number of rotatable bonds is 7. The van der Waals surface area contributed by atoms with Gasteiger partial charge in [0, 0.05) is 16.3 Å². The molecule has 3 aromatic rings. The van der Waals surface area contributed by atoms with Crippen molar-refractivity contribution in [2.24, 2.45) is 0 Å². The molecule has 0 saturated carbocycles. The molecular formula is C24H25ClN2O3S. The number of sulfonamides is 1. The first kappa shape index (κ1) is 22.8. The summed E-state index contributed by atoms with van der Waals surface area (Å²) in [6.07, 6.45) is 1.45. The van der Waals surface area contributed by atoms with Gasteiger partial charge in [0.05, 0.1) is 10.6 Å². The highest BCUT2D eigenvalue weighted by Gasteiger charge is 2.19. The minimum absolute atomic E-state index is 0.141. The lowest BCUT2D eigenvalue weighted by atomic mass is 10.0. The molecule has 3 aromatic carbocycles. The van der Waals surface area contributed by atoms with Crippen LogP contribution in [0.5, 0.6) is 0 Å². The van der Waals surface area contributed by atoms with E-state index in [1.807, 2.05) is 32.0 Å². The van der Waals surface area contributed by atoms with Crippen molar-refractivity contribution in [3.8, 4) is 0 Å². The highest BCUT2D eigenvalue weighted by atomic mass is 35.5. The second-order valence-corrected chi connectivity index (χ2v) is 9.32. The van der Waals surface area contributed by atoms with Gasteiger partial charge >= 0.3 is 0 Å². The van der Waals surface area contributed by atoms with Gasteiger partial charge in [0.15, 0.2) is 0 Å². The number of nitrogens with one attached hydrogen (secondary N) is 2. The van der Waals surface area contributed by atoms with Gasteiger partial charge in [-0.25, -0.2) is 8.42 Å². The van der Waals surface area contributed by atoms with E-state index in [2.05, 4.69) is 10.0 Å². The molecule has 3 rings (SSSR count). The number of anilines is 2. The van der Waals surface area contributed by atoms with E-state index in [0.717, 1.165) is 24.0 Å². The standard InChI is InChI=1S/C24H25ClN2O3S/c1-4-17-7-6-8-18(5-2)23(17)27-31(29,30)21-13-14-22(16(3)15-21)26-24(28)19-9-11-20(25)12-10-19/h6-15,27H,4-5H2,1-3H3,(H,26,28). The predicted molar refractivity (Wildman–Crippen MR) is 127 cm³/mol. The first-order valence-corrected chi connectivity index (χ1v) is 11.9. The van der Waals surface area contributed by atoms with Crippen molar-refractivity contribution in [3.63, 3.8) is 0 Å². The van der Waals surface area contributed by atoms with E-state index in [1.165, 1.54) is 6.07 Å². The number of aryl methyl sites for hydroxylation is 3. The second kappa shape index (κ2) is 9.54. The Morgan fingerprint density at radius 2 is 1.55 bits per heavy atom. The van der Waals surface area contributed by atoms with Gasteiger partial charge in [0.25, 0.3) is 15.9 Å². The van der Waals surface area contributed by atoms with Crippen molar-refractivity contribution in [2.75, 3.05) is 10.0 Å². The zero-order valence-electron chi connectivity index (χ0n) is 17.7. The Hall–Kier alpha value is -2.83. The minimum atomic E-state index is -3.78. The van der Waals surface area contributed by atoms with Gasteiger partial charge in [-0.05, 0) is 78.9 Å². The van der Waals surface area contributed by atoms with E-state index < -0.39 is 10.0 Å². The van der Waals surface area contributed by atoms with Crippen LogP contribution < -0.4 is 10.0 Å². The molecule has 0 aliphatic heterocycles. The average molecular weight is 457 g/mol. The highest BCUT2D eigenvalue weighted by Crippen LogP contribution is 2.27. The summed E-state index contributed by atoms with van der Waals surface area (Å²) in [4.78, 5) is 12.6. The van der Waals surface area contributed by atoms with Crippen LogP contribution in [0.3, 0.4) is 0 Å². The van der Waals surface area contributed by atoms with Crippen LogP contribution in [0.2, 0.25) is 5.02 Å². The van der Waals surface area contributed by atoms with Gasteiger partial charge in [-0.1, -0.05) is 43.6 Å². The van der Waals surface area contributed by atoms with Gasteiger partial charge in [0.1, 0.15) is 0 Å². The fourth-order valence-corrected chi connectivity index (χ4v) is 4.66. The zero-order valence-corrected chi connectivity index (χ0v) is 19.3. The number of halogens is 1. The lowest BCUT2D eigenvalue weighted by Crippen LogP contribution is -2.17. The minimum Gasteiger partial charge on any atom is -0.322 e. The van der Waals surface area contributed by atoms with E-state index in [-0.39, 0.29) is 10.8 Å². The average Bonchev–Trinajstić information content (AvgIpc) is 2.75. The van der Waals surface area contributed by atoms with Crippen LogP contribution in [0.4, 0.5) is 11.4 Å². The van der Waals surface area contributed by atoms with Crippen LogP contribution in [0, 0.1) is 6.92 Å². The number of amides is 1. The lowest BCUT2D eigenvalue weighted by Gasteiger charge is -2.16. The molecule has 162 valence electrons. The molecule has 0 aromatic heterocycles. The Morgan fingerprint density at radius 3 is 2.10 bits per heavy atom. The maximum atomic E-state index is 13.1. The first-order valence-electron chi connectivity index (χ1n) is 10.1. The van der Waals surface area contributed by atoms with Crippen LogP contribution in [0.15, 0.2) is 65.6 Å². The molecule has 2 N–H and O–H groups in total. The summed E-state index contributed by atoms with van der Waals surface area (Å²) in [6.45, 7) is 5.75. The van der Waals surface area contributed by atoms with E-state index in [1.54, 1.807) is 43.3 Å². The number of carbonyl (C=O) groups is 1. The number of para-hydroxylation sites is 1. The lowest BCUT2D eigenvalue weighted by molar-refractivity contribution is 0.102. The third kappa shape index (κ3) is 5.27. The molecule has 0 radical (unpaired) electrons. The molecule has 0 aliphatic rings. The van der Waals surface area contributed by atoms with Crippen molar-refractivity contribution < 1.29 is 13.2 Å². The molecular weight excluding hydrogens is 432 g/mol. The van der Waals surface area contributed by atoms with Gasteiger partial charge in [-0.2, -0.15) is 0 Å². The van der Waals surface area contributed by atoms with E-state index in [0.29, 0.717) is 27.5 Å². The van der Waals surface area contributed by atoms with Crippen LogP contribution in [0.1, 0.15) is 40.9 Å². The van der Waals surface area contributed by atoms with Crippen molar-refractivity contribution >= 4 is 38.9 Å². The molecule has 0 spiro atoms. The Balaban J connectivity index is 1.85. The molecule has 0 aliphatic carbocycles. The number of hydrogen-bond acceptors (Lipinski definition) is 3. The Bertz CT molecular complexity index is 1180. The topological polar surface area (TPSA) is 75.3 Å². The van der Waals surface area contributed by atoms with Crippen LogP contribution in [-0.2, 0) is 22.9 Å². The molecule has 0 saturated heterocycles. The predicted octanol–water partition coefficient (Wildman–Crippen LogP) is 5.83. The molecule has 0 bridgehead atoms. The number of benzene rings is 3. The van der Waals surface area contributed by atoms with E-state index in [9.17, 15) is 13.2 Å². The maximum Gasteiger partial charge on any atom is 0.261 e. The van der Waals surface area contributed by atoms with Crippen molar-refractivity contribution in [3.05, 3.63) is 87.9 Å². The summed E-state index contributed by atoms with van der Waals surface area (Å²) in [6, 6.07) is 17.0. The maximum absolute atomic E-state index is 13.1. The third-order valence-electron chi connectivity index (χ3n) is 5.10. The SMILES string of the molecule is CCc1cccc(CC)c1NS(=O)(=O)c1ccc(NC(=O)c2ccc(Cl)cc2)c(C)c1. The molecule has 31 heavy (non-hydrogen) atoms. The number of carbonyl (C=O) groups excluding carboxylic acids is 1. The van der Waals surface area contributed by atoms with Crippen LogP contribution in [0.25, 0.3) is 0 Å². The van der Waals surface area contributed by atoms with Gasteiger partial charge in [0.2, 0.25) is 0 Å². The summed E-state index contributed by atoms with van der Waals surface area (Å²) in [5.41, 5.74) is 4.19. The highest BCUT2D eigenvalue weighted by molar-refractivity contribution is 7.92. The largest absolute Gasteiger partial charge is 0.322 e. The van der Waals surface area contributed by atoms with Gasteiger partial charge < -0.3 is 5.32 Å². The Morgan fingerprint density at radius 1 is 0.935 bits per heavy atom. The van der Waals surface area contributed by atoms with Crippen molar-refractivity contribution in [1.82, 2.24) is 0 Å². The molecule has 7 heteroatoms. The van der Waals surface area contributed by atoms with Crippen LogP contribution >= 0.6 is 11.6 Å². The fourth-order valence-electron chi connectivity index (χ4n) is 3.31. The zero-order chi connectivity index (χ0) is 22.6.